The first-order chi connectivity index (χ1) is 14.3. The number of pyridine rings is 1. The van der Waals surface area contributed by atoms with Gasteiger partial charge in [-0.05, 0) is 56.1 Å². The first-order valence-corrected chi connectivity index (χ1v) is 10.8. The standard InChI is InChI=1S/C23H32N6/c1-27-14-16-28(17-15-27)22-18-20(10-11-24-22)19-25-23(29-12-6-3-7-13-29)26-21-8-4-2-5-9-21/h2,4-5,8-11,18H,3,6-7,12-17,19H2,1H3,(H,25,26). The molecule has 1 N–H and O–H groups in total. The fraction of sp³-hybridized carbons (Fsp3) is 0.478. The zero-order valence-corrected chi connectivity index (χ0v) is 17.4. The number of likely N-dealkylation sites (tertiary alicyclic amines) is 1. The average molecular weight is 393 g/mol. The maximum absolute atomic E-state index is 4.99. The molecule has 6 heteroatoms. The topological polar surface area (TPSA) is 47.0 Å². The van der Waals surface area contributed by atoms with Crippen LogP contribution in [0, 0.1) is 0 Å². The second-order valence-corrected chi connectivity index (χ2v) is 7.99. The number of nitrogens with zero attached hydrogens (tertiary/aromatic N) is 5. The number of benzene rings is 1. The molecule has 0 aliphatic carbocycles. The van der Waals surface area contributed by atoms with Crippen LogP contribution in [0.25, 0.3) is 0 Å². The summed E-state index contributed by atoms with van der Waals surface area (Å²) < 4.78 is 0. The Bertz CT molecular complexity index is 792. The second kappa shape index (κ2) is 9.74. The number of nitrogens with one attached hydrogen (secondary N) is 1. The molecule has 1 aromatic carbocycles. The van der Waals surface area contributed by atoms with E-state index in [9.17, 15) is 0 Å². The Morgan fingerprint density at radius 3 is 2.48 bits per heavy atom. The summed E-state index contributed by atoms with van der Waals surface area (Å²) in [5.41, 5.74) is 2.29. The molecule has 6 nitrogen and oxygen atoms in total. The largest absolute Gasteiger partial charge is 0.354 e. The molecule has 3 heterocycles. The first-order valence-electron chi connectivity index (χ1n) is 10.8. The third-order valence-corrected chi connectivity index (χ3v) is 5.73. The van der Waals surface area contributed by atoms with Gasteiger partial charge in [-0.1, -0.05) is 18.2 Å². The van der Waals surface area contributed by atoms with Gasteiger partial charge in [-0.25, -0.2) is 9.98 Å². The predicted octanol–water partition coefficient (Wildman–Crippen LogP) is 3.29. The van der Waals surface area contributed by atoms with Gasteiger partial charge in [-0.2, -0.15) is 0 Å². The van der Waals surface area contributed by atoms with Crippen molar-refractivity contribution in [3.63, 3.8) is 0 Å². The molecule has 0 spiro atoms. The molecular weight excluding hydrogens is 360 g/mol. The fourth-order valence-corrected chi connectivity index (χ4v) is 3.91. The lowest BCUT2D eigenvalue weighted by Gasteiger charge is -2.33. The van der Waals surface area contributed by atoms with Crippen molar-refractivity contribution in [2.24, 2.45) is 4.99 Å². The van der Waals surface area contributed by atoms with Crippen LogP contribution in [0.4, 0.5) is 11.5 Å². The van der Waals surface area contributed by atoms with Crippen molar-refractivity contribution in [3.05, 3.63) is 54.2 Å². The fourth-order valence-electron chi connectivity index (χ4n) is 3.91. The Labute approximate surface area is 174 Å². The zero-order chi connectivity index (χ0) is 19.9. The highest BCUT2D eigenvalue weighted by Crippen LogP contribution is 2.17. The summed E-state index contributed by atoms with van der Waals surface area (Å²) in [6.07, 6.45) is 5.70. The second-order valence-electron chi connectivity index (χ2n) is 7.99. The molecule has 0 saturated carbocycles. The van der Waals surface area contributed by atoms with Crippen molar-refractivity contribution >= 4 is 17.5 Å². The summed E-state index contributed by atoms with van der Waals surface area (Å²) in [5.74, 6) is 2.05. The summed E-state index contributed by atoms with van der Waals surface area (Å²) in [7, 11) is 2.18. The highest BCUT2D eigenvalue weighted by atomic mass is 15.3. The van der Waals surface area contributed by atoms with Crippen LogP contribution >= 0.6 is 0 Å². The minimum absolute atomic E-state index is 0.662. The SMILES string of the molecule is CN1CCN(c2cc(CN=C(Nc3ccccc3)N3CCCCC3)ccn2)CC1. The van der Waals surface area contributed by atoms with E-state index in [4.69, 9.17) is 4.99 Å². The van der Waals surface area contributed by atoms with Gasteiger partial charge >= 0.3 is 0 Å². The number of hydrogen-bond donors (Lipinski definition) is 1. The minimum Gasteiger partial charge on any atom is -0.354 e. The van der Waals surface area contributed by atoms with Gasteiger partial charge in [-0.3, -0.25) is 0 Å². The van der Waals surface area contributed by atoms with E-state index in [1.165, 1.54) is 24.8 Å². The van der Waals surface area contributed by atoms with E-state index < -0.39 is 0 Å². The number of piperazine rings is 1. The number of anilines is 2. The lowest BCUT2D eigenvalue weighted by Crippen LogP contribution is -2.44. The maximum atomic E-state index is 4.99. The number of piperidine rings is 1. The molecule has 0 amide bonds. The van der Waals surface area contributed by atoms with Gasteiger partial charge in [0.2, 0.25) is 0 Å². The maximum Gasteiger partial charge on any atom is 0.198 e. The van der Waals surface area contributed by atoms with Crippen LogP contribution in [0.1, 0.15) is 24.8 Å². The summed E-state index contributed by atoms with van der Waals surface area (Å²) in [6, 6.07) is 14.6. The third-order valence-electron chi connectivity index (χ3n) is 5.73. The molecule has 0 atom stereocenters. The van der Waals surface area contributed by atoms with Crippen LogP contribution in [0.15, 0.2) is 53.7 Å². The Morgan fingerprint density at radius 1 is 0.966 bits per heavy atom. The smallest absolute Gasteiger partial charge is 0.198 e. The number of guanidine groups is 1. The Balaban J connectivity index is 1.48. The van der Waals surface area contributed by atoms with Crippen molar-refractivity contribution in [1.82, 2.24) is 14.8 Å². The Kier molecular flexibility index (Phi) is 6.62. The molecule has 154 valence electrons. The summed E-state index contributed by atoms with van der Waals surface area (Å²) in [5, 5.41) is 3.55. The van der Waals surface area contributed by atoms with Crippen LogP contribution in [0.3, 0.4) is 0 Å². The van der Waals surface area contributed by atoms with Crippen LogP contribution in [0.5, 0.6) is 0 Å². The molecule has 2 fully saturated rings. The number of hydrogen-bond acceptors (Lipinski definition) is 4. The van der Waals surface area contributed by atoms with E-state index in [2.05, 4.69) is 68.4 Å². The van der Waals surface area contributed by atoms with Gasteiger partial charge in [0.05, 0.1) is 6.54 Å². The van der Waals surface area contributed by atoms with Crippen molar-refractivity contribution in [3.8, 4) is 0 Å². The van der Waals surface area contributed by atoms with Crippen LogP contribution in [0.2, 0.25) is 0 Å². The van der Waals surface area contributed by atoms with Gasteiger partial charge < -0.3 is 20.0 Å². The lowest BCUT2D eigenvalue weighted by atomic mass is 10.1. The molecule has 0 bridgehead atoms. The number of para-hydroxylation sites is 1. The molecular formula is C23H32N6. The van der Waals surface area contributed by atoms with Gasteiger partial charge in [0, 0.05) is 51.2 Å². The van der Waals surface area contributed by atoms with Gasteiger partial charge in [-0.15, -0.1) is 0 Å². The first kappa shape index (κ1) is 19.7. The van der Waals surface area contributed by atoms with Gasteiger partial charge in [0.1, 0.15) is 5.82 Å². The van der Waals surface area contributed by atoms with Crippen molar-refractivity contribution in [2.75, 3.05) is 56.5 Å². The van der Waals surface area contributed by atoms with Crippen molar-refractivity contribution in [2.45, 2.75) is 25.8 Å². The molecule has 2 aromatic rings. The lowest BCUT2D eigenvalue weighted by molar-refractivity contribution is 0.312. The molecule has 4 rings (SSSR count). The molecule has 29 heavy (non-hydrogen) atoms. The quantitative estimate of drug-likeness (QED) is 0.639. The highest BCUT2D eigenvalue weighted by molar-refractivity contribution is 5.93. The van der Waals surface area contributed by atoms with E-state index in [0.717, 1.165) is 56.7 Å². The molecule has 1 aromatic heterocycles. The highest BCUT2D eigenvalue weighted by Gasteiger charge is 2.17. The summed E-state index contributed by atoms with van der Waals surface area (Å²) >= 11 is 0. The monoisotopic (exact) mass is 392 g/mol. The molecule has 2 aliphatic heterocycles. The van der Waals surface area contributed by atoms with Crippen molar-refractivity contribution < 1.29 is 0 Å². The average Bonchev–Trinajstić information content (AvgIpc) is 2.78. The molecule has 2 saturated heterocycles. The minimum atomic E-state index is 0.662. The van der Waals surface area contributed by atoms with E-state index in [1.807, 2.05) is 12.3 Å². The van der Waals surface area contributed by atoms with Crippen LogP contribution in [-0.4, -0.2) is 67.1 Å². The van der Waals surface area contributed by atoms with E-state index in [-0.39, 0.29) is 0 Å². The number of rotatable bonds is 4. The number of aromatic nitrogens is 1. The number of aliphatic imine (C=N–C) groups is 1. The normalized spacial score (nSPS) is 18.7. The summed E-state index contributed by atoms with van der Waals surface area (Å²) in [6.45, 7) is 7.04. The van der Waals surface area contributed by atoms with Crippen LogP contribution < -0.4 is 10.2 Å². The Morgan fingerprint density at radius 2 is 1.72 bits per heavy atom. The van der Waals surface area contributed by atoms with Gasteiger partial charge in [0.25, 0.3) is 0 Å². The molecule has 2 aliphatic rings. The zero-order valence-electron chi connectivity index (χ0n) is 17.4. The van der Waals surface area contributed by atoms with Crippen molar-refractivity contribution in [1.29, 1.82) is 0 Å². The van der Waals surface area contributed by atoms with E-state index >= 15 is 0 Å². The van der Waals surface area contributed by atoms with Crippen LogP contribution in [-0.2, 0) is 6.54 Å². The van der Waals surface area contributed by atoms with Gasteiger partial charge in [0.15, 0.2) is 5.96 Å². The van der Waals surface area contributed by atoms with E-state index in [1.54, 1.807) is 0 Å². The van der Waals surface area contributed by atoms with E-state index in [0.29, 0.717) is 6.54 Å². The molecule has 0 unspecified atom stereocenters. The Hall–Kier alpha value is -2.60. The molecule has 0 radical (unpaired) electrons. The number of likely N-dealkylation sites (N-methyl/N-ethyl adjacent to an activating group) is 1. The summed E-state index contributed by atoms with van der Waals surface area (Å²) in [4.78, 5) is 16.7. The third kappa shape index (κ3) is 5.48. The predicted molar refractivity (Wildman–Crippen MR) is 121 cm³/mol.